The summed E-state index contributed by atoms with van der Waals surface area (Å²) in [6.45, 7) is 1.67. The Morgan fingerprint density at radius 1 is 1.30 bits per heavy atom. The zero-order valence-electron chi connectivity index (χ0n) is 11.4. The van der Waals surface area contributed by atoms with E-state index >= 15 is 0 Å². The lowest BCUT2D eigenvalue weighted by Gasteiger charge is -2.29. The average Bonchev–Trinajstić information content (AvgIpc) is 2.40. The number of piperidine rings is 1. The maximum absolute atomic E-state index is 12.9. The van der Waals surface area contributed by atoms with Crippen molar-refractivity contribution in [3.63, 3.8) is 0 Å². The van der Waals surface area contributed by atoms with Gasteiger partial charge in [-0.15, -0.1) is 0 Å². The molecule has 1 fully saturated rings. The minimum absolute atomic E-state index is 0.0176. The first-order valence-corrected chi connectivity index (χ1v) is 6.65. The van der Waals surface area contributed by atoms with Crippen LogP contribution in [0.4, 0.5) is 13.2 Å². The molecule has 112 valence electrons. The van der Waals surface area contributed by atoms with Crippen molar-refractivity contribution in [1.29, 1.82) is 0 Å². The van der Waals surface area contributed by atoms with Crippen LogP contribution in [0.15, 0.2) is 18.2 Å². The average molecular weight is 288 g/mol. The Bertz CT molecular complexity index is 454. The number of nitrogens with two attached hydrogens (primary N) is 1. The van der Waals surface area contributed by atoms with Gasteiger partial charge in [-0.05, 0) is 37.6 Å². The molecule has 1 aliphatic heterocycles. The first-order valence-electron chi connectivity index (χ1n) is 6.65. The molecule has 2 N–H and O–H groups in total. The normalized spacial score (nSPS) is 18.2. The third-order valence-electron chi connectivity index (χ3n) is 3.57. The first-order chi connectivity index (χ1) is 9.40. The van der Waals surface area contributed by atoms with Crippen LogP contribution in [0.1, 0.15) is 24.0 Å². The van der Waals surface area contributed by atoms with E-state index in [1.54, 1.807) is 6.07 Å². The highest BCUT2D eigenvalue weighted by Gasteiger charge is 2.33. The van der Waals surface area contributed by atoms with Gasteiger partial charge in [-0.2, -0.15) is 13.2 Å². The number of halogens is 3. The molecule has 0 spiro atoms. The summed E-state index contributed by atoms with van der Waals surface area (Å²) in [5, 5.41) is 0. The van der Waals surface area contributed by atoms with Gasteiger partial charge < -0.3 is 15.4 Å². The highest BCUT2D eigenvalue weighted by molar-refractivity contribution is 5.37. The van der Waals surface area contributed by atoms with Gasteiger partial charge in [0.1, 0.15) is 11.9 Å². The number of likely N-dealkylation sites (tertiary alicyclic amines) is 1. The molecule has 0 radical (unpaired) electrons. The Kier molecular flexibility index (Phi) is 4.55. The quantitative estimate of drug-likeness (QED) is 0.929. The van der Waals surface area contributed by atoms with Crippen molar-refractivity contribution >= 4 is 0 Å². The van der Waals surface area contributed by atoms with Crippen LogP contribution in [0, 0.1) is 0 Å². The van der Waals surface area contributed by atoms with Gasteiger partial charge in [0.15, 0.2) is 0 Å². The second-order valence-electron chi connectivity index (χ2n) is 5.14. The summed E-state index contributed by atoms with van der Waals surface area (Å²) in [6, 6.07) is 4.02. The molecule has 6 heteroatoms. The molecule has 0 aromatic heterocycles. The molecule has 2 rings (SSSR count). The van der Waals surface area contributed by atoms with Crippen LogP contribution in [-0.4, -0.2) is 31.1 Å². The highest BCUT2D eigenvalue weighted by Crippen LogP contribution is 2.34. The van der Waals surface area contributed by atoms with Crippen molar-refractivity contribution in [1.82, 2.24) is 4.90 Å². The lowest BCUT2D eigenvalue weighted by Crippen LogP contribution is -2.35. The molecule has 1 heterocycles. The number of nitrogens with zero attached hydrogens (tertiary/aromatic N) is 1. The Morgan fingerprint density at radius 3 is 2.50 bits per heavy atom. The van der Waals surface area contributed by atoms with E-state index in [9.17, 15) is 13.2 Å². The maximum Gasteiger partial charge on any atom is 0.416 e. The number of alkyl halides is 3. The Balaban J connectivity index is 2.13. The third-order valence-corrected chi connectivity index (χ3v) is 3.57. The highest BCUT2D eigenvalue weighted by atomic mass is 19.4. The molecule has 0 amide bonds. The first kappa shape index (κ1) is 15.1. The van der Waals surface area contributed by atoms with Crippen LogP contribution in [-0.2, 0) is 12.7 Å². The van der Waals surface area contributed by atoms with Crippen LogP contribution >= 0.6 is 0 Å². The number of benzene rings is 1. The summed E-state index contributed by atoms with van der Waals surface area (Å²) in [7, 11) is 2.02. The van der Waals surface area contributed by atoms with Crippen molar-refractivity contribution in [2.24, 2.45) is 5.73 Å². The minimum atomic E-state index is -4.40. The van der Waals surface area contributed by atoms with Gasteiger partial charge in [0.25, 0.3) is 0 Å². The van der Waals surface area contributed by atoms with Gasteiger partial charge in [-0.1, -0.05) is 6.07 Å². The molecule has 0 aliphatic carbocycles. The summed E-state index contributed by atoms with van der Waals surface area (Å²) < 4.78 is 44.5. The SMILES string of the molecule is CN1CCC(Oc2ccc(CN)c(C(F)(F)F)c2)CC1. The van der Waals surface area contributed by atoms with Crippen molar-refractivity contribution < 1.29 is 17.9 Å². The molecule has 1 aromatic carbocycles. The van der Waals surface area contributed by atoms with E-state index in [-0.39, 0.29) is 24.0 Å². The van der Waals surface area contributed by atoms with Gasteiger partial charge in [0, 0.05) is 19.6 Å². The standard InChI is InChI=1S/C14H19F3N2O/c1-19-6-4-11(5-7-19)20-12-3-2-10(9-18)13(8-12)14(15,16)17/h2-3,8,11H,4-7,9,18H2,1H3. The molecule has 1 aromatic rings. The zero-order chi connectivity index (χ0) is 14.8. The van der Waals surface area contributed by atoms with Crippen LogP contribution in [0.3, 0.4) is 0 Å². The van der Waals surface area contributed by atoms with Gasteiger partial charge >= 0.3 is 6.18 Å². The van der Waals surface area contributed by atoms with Gasteiger partial charge in [0.2, 0.25) is 0 Å². The fraction of sp³-hybridized carbons (Fsp3) is 0.571. The van der Waals surface area contributed by atoms with Crippen molar-refractivity contribution in [3.05, 3.63) is 29.3 Å². The topological polar surface area (TPSA) is 38.5 Å². The van der Waals surface area contributed by atoms with E-state index in [1.807, 2.05) is 7.05 Å². The van der Waals surface area contributed by atoms with E-state index in [2.05, 4.69) is 4.90 Å². The van der Waals surface area contributed by atoms with Crippen LogP contribution in [0.5, 0.6) is 5.75 Å². The molecule has 3 nitrogen and oxygen atoms in total. The molecule has 1 aliphatic rings. The molecular weight excluding hydrogens is 269 g/mol. The van der Waals surface area contributed by atoms with E-state index < -0.39 is 11.7 Å². The number of rotatable bonds is 3. The molecule has 0 bridgehead atoms. The summed E-state index contributed by atoms with van der Waals surface area (Å²) in [6.07, 6.45) is -2.76. The van der Waals surface area contributed by atoms with Crippen LogP contribution < -0.4 is 10.5 Å². The molecule has 0 saturated carbocycles. The fourth-order valence-corrected chi connectivity index (χ4v) is 2.37. The summed E-state index contributed by atoms with van der Waals surface area (Å²) in [4.78, 5) is 2.18. The van der Waals surface area contributed by atoms with E-state index in [0.717, 1.165) is 32.0 Å². The number of ether oxygens (including phenoxy) is 1. The molecule has 0 atom stereocenters. The predicted octanol–water partition coefficient (Wildman–Crippen LogP) is 2.64. The van der Waals surface area contributed by atoms with Crippen molar-refractivity contribution in [3.8, 4) is 5.75 Å². The van der Waals surface area contributed by atoms with Gasteiger partial charge in [0.05, 0.1) is 5.56 Å². The Morgan fingerprint density at radius 2 is 1.95 bits per heavy atom. The second-order valence-corrected chi connectivity index (χ2v) is 5.14. The predicted molar refractivity (Wildman–Crippen MR) is 70.5 cm³/mol. The maximum atomic E-state index is 12.9. The lowest BCUT2D eigenvalue weighted by atomic mass is 10.1. The number of hydrogen-bond donors (Lipinski definition) is 1. The molecule has 0 unspecified atom stereocenters. The van der Waals surface area contributed by atoms with Gasteiger partial charge in [-0.3, -0.25) is 0 Å². The lowest BCUT2D eigenvalue weighted by molar-refractivity contribution is -0.138. The van der Waals surface area contributed by atoms with E-state index in [1.165, 1.54) is 6.07 Å². The summed E-state index contributed by atoms with van der Waals surface area (Å²) >= 11 is 0. The second kappa shape index (κ2) is 6.01. The van der Waals surface area contributed by atoms with Gasteiger partial charge in [-0.25, -0.2) is 0 Å². The molecular formula is C14H19F3N2O. The fourth-order valence-electron chi connectivity index (χ4n) is 2.37. The molecule has 1 saturated heterocycles. The minimum Gasteiger partial charge on any atom is -0.490 e. The van der Waals surface area contributed by atoms with E-state index in [4.69, 9.17) is 10.5 Å². The van der Waals surface area contributed by atoms with Crippen molar-refractivity contribution in [2.45, 2.75) is 31.7 Å². The summed E-state index contributed by atoms with van der Waals surface area (Å²) in [5.41, 5.74) is 4.74. The largest absolute Gasteiger partial charge is 0.490 e. The number of hydrogen-bond acceptors (Lipinski definition) is 3. The Labute approximate surface area is 116 Å². The molecule has 20 heavy (non-hydrogen) atoms. The Hall–Kier alpha value is -1.27. The third kappa shape index (κ3) is 3.64. The smallest absolute Gasteiger partial charge is 0.416 e. The van der Waals surface area contributed by atoms with Crippen LogP contribution in [0.2, 0.25) is 0 Å². The zero-order valence-corrected chi connectivity index (χ0v) is 11.4. The summed E-state index contributed by atoms with van der Waals surface area (Å²) in [5.74, 6) is 0.268. The van der Waals surface area contributed by atoms with Crippen molar-refractivity contribution in [2.75, 3.05) is 20.1 Å². The van der Waals surface area contributed by atoms with Crippen LogP contribution in [0.25, 0.3) is 0 Å². The monoisotopic (exact) mass is 288 g/mol. The van der Waals surface area contributed by atoms with E-state index in [0.29, 0.717) is 0 Å².